The molecule has 1 rings (SSSR count). The van der Waals surface area contributed by atoms with E-state index in [4.69, 9.17) is 23.3 Å². The lowest BCUT2D eigenvalue weighted by Gasteiger charge is -2.24. The van der Waals surface area contributed by atoms with Crippen molar-refractivity contribution in [2.45, 2.75) is 173 Å². The molecule has 1 aliphatic heterocycles. The summed E-state index contributed by atoms with van der Waals surface area (Å²) in [7, 11) is 1.62. The van der Waals surface area contributed by atoms with E-state index in [1.165, 1.54) is 77.0 Å². The summed E-state index contributed by atoms with van der Waals surface area (Å²) in [5.74, 6) is -0.372. The first-order valence-electron chi connectivity index (χ1n) is 21.5. The molecule has 0 bridgehead atoms. The molecular weight excluding hydrogens is 701 g/mol. The van der Waals surface area contributed by atoms with Crippen molar-refractivity contribution < 1.29 is 42.0 Å². The Balaban J connectivity index is 2.26. The molecule has 0 amide bonds. The molecule has 0 aromatic carbocycles. The van der Waals surface area contributed by atoms with Crippen LogP contribution < -0.4 is 0 Å². The van der Waals surface area contributed by atoms with Crippen LogP contribution >= 0.6 is 7.82 Å². The van der Waals surface area contributed by atoms with Gasteiger partial charge in [0.1, 0.15) is 19.3 Å². The minimum absolute atomic E-state index is 0.0756. The molecule has 9 nitrogen and oxygen atoms in total. The van der Waals surface area contributed by atoms with Crippen molar-refractivity contribution in [3.8, 4) is 0 Å². The lowest BCUT2D eigenvalue weighted by Crippen LogP contribution is -2.37. The van der Waals surface area contributed by atoms with Gasteiger partial charge in [-0.3, -0.25) is 13.8 Å². The van der Waals surface area contributed by atoms with Gasteiger partial charge in [0, 0.05) is 13.0 Å². The molecule has 1 saturated heterocycles. The van der Waals surface area contributed by atoms with Crippen LogP contribution in [0.15, 0.2) is 48.6 Å². The standard InChI is InChI=1S/C44H80NO8P/c1-6-8-9-10-11-12-13-14-18-21-24-27-30-33-37-49-39-41(40-51-54(47,48)50-38-36-45(3,4)5)52-44(46)35-32-29-26-23-20-17-15-16-19-22-25-28-31-34-43-42(7-2)53-43/h15,17,19,22-23,26,28,31,41-43H,6-14,16,18,20-21,24-25,27,29-30,32-40H2,1-5H3/p+1/b17-15-,22-19-,26-23-,31-28-. The Morgan fingerprint density at radius 1 is 0.685 bits per heavy atom. The summed E-state index contributed by atoms with van der Waals surface area (Å²) in [6, 6.07) is 0. The molecule has 0 spiro atoms. The van der Waals surface area contributed by atoms with E-state index < -0.39 is 13.9 Å². The molecule has 0 aromatic rings. The molecule has 4 atom stereocenters. The molecule has 1 heterocycles. The molecule has 10 heteroatoms. The number of phosphoric ester groups is 1. The van der Waals surface area contributed by atoms with E-state index in [1.54, 1.807) is 0 Å². The normalized spacial score (nSPS) is 18.0. The number of allylic oxidation sites excluding steroid dienone is 7. The lowest BCUT2D eigenvalue weighted by atomic mass is 10.0. The number of rotatable bonds is 38. The average Bonchev–Trinajstić information content (AvgIpc) is 3.89. The van der Waals surface area contributed by atoms with Crippen molar-refractivity contribution in [2.75, 3.05) is 54.1 Å². The van der Waals surface area contributed by atoms with Gasteiger partial charge in [0.05, 0.1) is 46.6 Å². The number of esters is 1. The molecule has 4 unspecified atom stereocenters. The summed E-state index contributed by atoms with van der Waals surface area (Å²) in [6.07, 6.45) is 42.0. The first kappa shape index (κ1) is 50.4. The van der Waals surface area contributed by atoms with Gasteiger partial charge in [-0.25, -0.2) is 4.57 Å². The Labute approximate surface area is 331 Å². The van der Waals surface area contributed by atoms with Crippen molar-refractivity contribution in [3.05, 3.63) is 48.6 Å². The van der Waals surface area contributed by atoms with E-state index in [0.717, 1.165) is 51.4 Å². The largest absolute Gasteiger partial charge is 0.472 e. The maximum absolute atomic E-state index is 12.7. The molecule has 1 fully saturated rings. The number of nitrogens with zero attached hydrogens (tertiary/aromatic N) is 1. The Kier molecular flexibility index (Phi) is 31.3. The van der Waals surface area contributed by atoms with E-state index in [2.05, 4.69) is 62.5 Å². The van der Waals surface area contributed by atoms with E-state index in [9.17, 15) is 14.3 Å². The highest BCUT2D eigenvalue weighted by molar-refractivity contribution is 7.47. The topological polar surface area (TPSA) is 104 Å². The lowest BCUT2D eigenvalue weighted by molar-refractivity contribution is -0.870. The number of carbonyl (C=O) groups excluding carboxylic acids is 1. The molecule has 0 radical (unpaired) electrons. The fourth-order valence-electron chi connectivity index (χ4n) is 5.89. The SMILES string of the molecule is CCCCCCCCCCCCCCCCOCC(COP(=O)(O)OCC[N+](C)(C)C)OC(=O)CCC/C=C\C/C=C\C/C=C\C/C=C\CC1OC1CC. The van der Waals surface area contributed by atoms with Gasteiger partial charge in [-0.2, -0.15) is 0 Å². The van der Waals surface area contributed by atoms with Crippen LogP contribution in [0.4, 0.5) is 0 Å². The van der Waals surface area contributed by atoms with Crippen molar-refractivity contribution >= 4 is 13.8 Å². The van der Waals surface area contributed by atoms with E-state index >= 15 is 0 Å². The second kappa shape index (κ2) is 33.5. The predicted molar refractivity (Wildman–Crippen MR) is 223 cm³/mol. The van der Waals surface area contributed by atoms with Crippen LogP contribution in [0.1, 0.15) is 155 Å². The van der Waals surface area contributed by atoms with Gasteiger partial charge in [-0.05, 0) is 51.4 Å². The minimum atomic E-state index is -4.29. The molecule has 1 N–H and O–H groups in total. The summed E-state index contributed by atoms with van der Waals surface area (Å²) in [5, 5.41) is 0. The van der Waals surface area contributed by atoms with Crippen LogP contribution in [-0.4, -0.2) is 87.8 Å². The minimum Gasteiger partial charge on any atom is -0.457 e. The van der Waals surface area contributed by atoms with Crippen LogP contribution in [-0.2, 0) is 32.6 Å². The fraction of sp³-hybridized carbons (Fsp3) is 0.795. The second-order valence-corrected chi connectivity index (χ2v) is 17.2. The first-order chi connectivity index (χ1) is 26.1. The zero-order valence-corrected chi connectivity index (χ0v) is 36.0. The van der Waals surface area contributed by atoms with Gasteiger partial charge in [-0.15, -0.1) is 0 Å². The highest BCUT2D eigenvalue weighted by Crippen LogP contribution is 2.43. The Hall–Kier alpha value is -1.58. The number of likely N-dealkylation sites (N-methyl/N-ethyl adjacent to an activating group) is 1. The third kappa shape index (κ3) is 33.7. The Bertz CT molecular complexity index is 1070. The first-order valence-corrected chi connectivity index (χ1v) is 23.0. The van der Waals surface area contributed by atoms with Gasteiger partial charge in [0.2, 0.25) is 0 Å². The Morgan fingerprint density at radius 3 is 1.76 bits per heavy atom. The number of quaternary nitrogens is 1. The highest BCUT2D eigenvalue weighted by atomic mass is 31.2. The number of ether oxygens (including phenoxy) is 3. The maximum Gasteiger partial charge on any atom is 0.472 e. The summed E-state index contributed by atoms with van der Waals surface area (Å²) in [5.41, 5.74) is 0. The van der Waals surface area contributed by atoms with Gasteiger partial charge in [-0.1, -0.05) is 146 Å². The summed E-state index contributed by atoms with van der Waals surface area (Å²) >= 11 is 0. The summed E-state index contributed by atoms with van der Waals surface area (Å²) in [6.45, 7) is 5.44. The van der Waals surface area contributed by atoms with Crippen LogP contribution in [0.3, 0.4) is 0 Å². The molecule has 314 valence electrons. The Morgan fingerprint density at radius 2 is 1.22 bits per heavy atom. The summed E-state index contributed by atoms with van der Waals surface area (Å²) in [4.78, 5) is 22.8. The highest BCUT2D eigenvalue weighted by Gasteiger charge is 2.35. The van der Waals surface area contributed by atoms with Crippen LogP contribution in [0, 0.1) is 0 Å². The molecule has 54 heavy (non-hydrogen) atoms. The van der Waals surface area contributed by atoms with Crippen molar-refractivity contribution in [2.24, 2.45) is 0 Å². The number of unbranched alkanes of at least 4 members (excludes halogenated alkanes) is 14. The molecule has 1 aliphatic rings. The van der Waals surface area contributed by atoms with Crippen molar-refractivity contribution in [3.63, 3.8) is 0 Å². The van der Waals surface area contributed by atoms with Gasteiger partial charge in [0.15, 0.2) is 0 Å². The molecule has 0 aliphatic carbocycles. The third-order valence-electron chi connectivity index (χ3n) is 9.38. The van der Waals surface area contributed by atoms with Crippen LogP contribution in [0.2, 0.25) is 0 Å². The van der Waals surface area contributed by atoms with E-state index in [0.29, 0.717) is 36.3 Å². The maximum atomic E-state index is 12.7. The molecular formula is C44H81NO8P+. The monoisotopic (exact) mass is 783 g/mol. The molecule has 0 saturated carbocycles. The number of phosphoric acid groups is 1. The summed E-state index contributed by atoms with van der Waals surface area (Å²) < 4.78 is 40.4. The van der Waals surface area contributed by atoms with Crippen molar-refractivity contribution in [1.82, 2.24) is 0 Å². The van der Waals surface area contributed by atoms with Gasteiger partial charge >= 0.3 is 13.8 Å². The number of epoxide rings is 1. The zero-order chi connectivity index (χ0) is 39.6. The van der Waals surface area contributed by atoms with Crippen molar-refractivity contribution in [1.29, 1.82) is 0 Å². The van der Waals surface area contributed by atoms with Gasteiger partial charge < -0.3 is 23.6 Å². The smallest absolute Gasteiger partial charge is 0.457 e. The van der Waals surface area contributed by atoms with Crippen LogP contribution in [0.5, 0.6) is 0 Å². The molecule has 0 aromatic heterocycles. The van der Waals surface area contributed by atoms with E-state index in [1.807, 2.05) is 21.1 Å². The number of hydrogen-bond donors (Lipinski definition) is 1. The average molecular weight is 783 g/mol. The predicted octanol–water partition coefficient (Wildman–Crippen LogP) is 11.4. The third-order valence-corrected chi connectivity index (χ3v) is 10.4. The number of carbonyl (C=O) groups is 1. The van der Waals surface area contributed by atoms with E-state index in [-0.39, 0.29) is 32.2 Å². The van der Waals surface area contributed by atoms with Crippen LogP contribution in [0.25, 0.3) is 0 Å². The van der Waals surface area contributed by atoms with Gasteiger partial charge in [0.25, 0.3) is 0 Å². The number of hydrogen-bond acceptors (Lipinski definition) is 7. The second-order valence-electron chi connectivity index (χ2n) is 15.7. The zero-order valence-electron chi connectivity index (χ0n) is 35.1. The fourth-order valence-corrected chi connectivity index (χ4v) is 6.63. The quantitative estimate of drug-likeness (QED) is 0.0165.